The van der Waals surface area contributed by atoms with Crippen LogP contribution < -0.4 is 10.6 Å². The van der Waals surface area contributed by atoms with E-state index in [1.165, 1.54) is 27.6 Å². The minimum Gasteiger partial charge on any atom is -0.369 e. The van der Waals surface area contributed by atoms with E-state index in [9.17, 15) is 4.79 Å². The molecule has 0 aromatic carbocycles. The van der Waals surface area contributed by atoms with Gasteiger partial charge in [-0.15, -0.1) is 22.7 Å². The summed E-state index contributed by atoms with van der Waals surface area (Å²) in [7, 11) is 0. The summed E-state index contributed by atoms with van der Waals surface area (Å²) in [5.41, 5.74) is 5.89. The maximum Gasteiger partial charge on any atom is 0.275 e. The summed E-state index contributed by atoms with van der Waals surface area (Å²) in [6.07, 6.45) is 0. The highest BCUT2D eigenvalue weighted by molar-refractivity contribution is 7.15. The van der Waals surface area contributed by atoms with E-state index in [1.54, 1.807) is 6.07 Å². The average molecular weight is 279 g/mol. The monoisotopic (exact) mass is 279 g/mol. The van der Waals surface area contributed by atoms with Gasteiger partial charge in [0.15, 0.2) is 0 Å². The van der Waals surface area contributed by atoms with Gasteiger partial charge < -0.3 is 5.73 Å². The molecule has 0 aliphatic carbocycles. The highest BCUT2D eigenvalue weighted by Crippen LogP contribution is 2.24. The van der Waals surface area contributed by atoms with Crippen molar-refractivity contribution in [2.45, 2.75) is 6.92 Å². The molecule has 94 valence electrons. The van der Waals surface area contributed by atoms with Gasteiger partial charge in [0.25, 0.3) is 5.91 Å². The zero-order chi connectivity index (χ0) is 13.0. The number of anilines is 1. The van der Waals surface area contributed by atoms with Crippen molar-refractivity contribution in [3.8, 4) is 0 Å². The van der Waals surface area contributed by atoms with Gasteiger partial charge in [-0.05, 0) is 35.9 Å². The fourth-order valence-electron chi connectivity index (χ4n) is 1.46. The molecule has 2 heterocycles. The van der Waals surface area contributed by atoms with Crippen LogP contribution in [-0.2, 0) is 0 Å². The van der Waals surface area contributed by atoms with Crippen LogP contribution in [0, 0.1) is 0 Å². The Bertz CT molecular complexity index is 532. The first-order valence-corrected chi connectivity index (χ1v) is 7.21. The SMILES string of the molecule is CCN=C(N)N(C(=O)c1cccs1)c1cccs1. The van der Waals surface area contributed by atoms with Gasteiger partial charge in [0.2, 0.25) is 5.96 Å². The van der Waals surface area contributed by atoms with Gasteiger partial charge in [-0.3, -0.25) is 9.79 Å². The number of guanidine groups is 1. The number of thiophene rings is 2. The summed E-state index contributed by atoms with van der Waals surface area (Å²) in [5, 5.41) is 4.55. The molecule has 2 rings (SSSR count). The molecular formula is C12H13N3OS2. The van der Waals surface area contributed by atoms with Crippen molar-refractivity contribution in [1.82, 2.24) is 0 Å². The minimum absolute atomic E-state index is 0.137. The Kier molecular flexibility index (Phi) is 4.11. The molecule has 18 heavy (non-hydrogen) atoms. The van der Waals surface area contributed by atoms with Gasteiger partial charge in [-0.25, -0.2) is 4.90 Å². The van der Waals surface area contributed by atoms with Crippen LogP contribution in [0.15, 0.2) is 40.0 Å². The number of nitrogens with zero attached hydrogens (tertiary/aromatic N) is 2. The summed E-state index contributed by atoms with van der Waals surface area (Å²) in [5.74, 6) is 0.0977. The molecule has 6 heteroatoms. The van der Waals surface area contributed by atoms with E-state index in [2.05, 4.69) is 4.99 Å². The molecule has 0 aliphatic rings. The van der Waals surface area contributed by atoms with Crippen LogP contribution >= 0.6 is 22.7 Å². The minimum atomic E-state index is -0.137. The van der Waals surface area contributed by atoms with Gasteiger partial charge in [0.1, 0.15) is 5.00 Å². The zero-order valence-electron chi connectivity index (χ0n) is 9.87. The largest absolute Gasteiger partial charge is 0.369 e. The van der Waals surface area contributed by atoms with Crippen molar-refractivity contribution in [1.29, 1.82) is 0 Å². The lowest BCUT2D eigenvalue weighted by atomic mass is 10.4. The van der Waals surface area contributed by atoms with Crippen molar-refractivity contribution in [3.05, 3.63) is 39.9 Å². The molecule has 1 amide bonds. The third kappa shape index (κ3) is 2.60. The second-order valence-corrected chi connectivity index (χ2v) is 5.28. The van der Waals surface area contributed by atoms with Crippen LogP contribution in [0.25, 0.3) is 0 Å². The topological polar surface area (TPSA) is 58.7 Å². The molecule has 0 aliphatic heterocycles. The van der Waals surface area contributed by atoms with Crippen molar-refractivity contribution < 1.29 is 4.79 Å². The maximum absolute atomic E-state index is 12.4. The molecule has 2 N–H and O–H groups in total. The van der Waals surface area contributed by atoms with E-state index in [0.29, 0.717) is 11.4 Å². The van der Waals surface area contributed by atoms with Crippen LogP contribution in [0.1, 0.15) is 16.6 Å². The van der Waals surface area contributed by atoms with Crippen molar-refractivity contribution in [2.24, 2.45) is 10.7 Å². The standard InChI is InChI=1S/C12H13N3OS2/c1-2-14-12(13)15(10-6-4-8-18-10)11(16)9-5-3-7-17-9/h3-8H,2H2,1H3,(H2,13,14). The van der Waals surface area contributed by atoms with Gasteiger partial charge in [-0.1, -0.05) is 6.07 Å². The summed E-state index contributed by atoms with van der Waals surface area (Å²) < 4.78 is 0. The molecular weight excluding hydrogens is 266 g/mol. The Labute approximate surface area is 113 Å². The quantitative estimate of drug-likeness (QED) is 0.693. The molecule has 2 aromatic heterocycles. The van der Waals surface area contributed by atoms with E-state index >= 15 is 0 Å². The predicted octanol–water partition coefficient (Wildman–Crippen LogP) is 2.79. The molecule has 0 atom stereocenters. The van der Waals surface area contributed by atoms with Crippen molar-refractivity contribution >= 4 is 39.5 Å². The van der Waals surface area contributed by atoms with Gasteiger partial charge >= 0.3 is 0 Å². The Balaban J connectivity index is 2.37. The van der Waals surface area contributed by atoms with Crippen LogP contribution in [0.2, 0.25) is 0 Å². The van der Waals surface area contributed by atoms with E-state index < -0.39 is 0 Å². The normalized spacial score (nSPS) is 11.5. The van der Waals surface area contributed by atoms with E-state index in [1.807, 2.05) is 35.9 Å². The first-order chi connectivity index (χ1) is 8.74. The molecule has 0 saturated carbocycles. The number of hydrogen-bond donors (Lipinski definition) is 1. The predicted molar refractivity (Wildman–Crippen MR) is 77.6 cm³/mol. The van der Waals surface area contributed by atoms with Crippen LogP contribution in [0.3, 0.4) is 0 Å². The van der Waals surface area contributed by atoms with Gasteiger partial charge in [0, 0.05) is 6.54 Å². The smallest absolute Gasteiger partial charge is 0.275 e. The molecule has 4 nitrogen and oxygen atoms in total. The fraction of sp³-hybridized carbons (Fsp3) is 0.167. The lowest BCUT2D eigenvalue weighted by molar-refractivity contribution is 0.101. The second kappa shape index (κ2) is 5.79. The van der Waals surface area contributed by atoms with E-state index in [-0.39, 0.29) is 11.9 Å². The average Bonchev–Trinajstić information content (AvgIpc) is 3.02. The van der Waals surface area contributed by atoms with Crippen LogP contribution in [0.5, 0.6) is 0 Å². The molecule has 0 radical (unpaired) electrons. The van der Waals surface area contributed by atoms with Crippen molar-refractivity contribution in [2.75, 3.05) is 11.4 Å². The number of hydrogen-bond acceptors (Lipinski definition) is 4. The molecule has 2 aromatic rings. The molecule has 0 saturated heterocycles. The number of amides is 1. The number of carbonyl (C=O) groups excluding carboxylic acids is 1. The lowest BCUT2D eigenvalue weighted by Gasteiger charge is -2.19. The number of carbonyl (C=O) groups is 1. The van der Waals surface area contributed by atoms with Crippen LogP contribution in [-0.4, -0.2) is 18.4 Å². The fourth-order valence-corrected chi connectivity index (χ4v) is 2.85. The maximum atomic E-state index is 12.4. The summed E-state index contributed by atoms with van der Waals surface area (Å²) in [6.45, 7) is 2.43. The lowest BCUT2D eigenvalue weighted by Crippen LogP contribution is -2.41. The highest BCUT2D eigenvalue weighted by Gasteiger charge is 2.22. The first kappa shape index (κ1) is 12.8. The third-order valence-corrected chi connectivity index (χ3v) is 3.92. The number of nitrogens with two attached hydrogens (primary N) is 1. The van der Waals surface area contributed by atoms with Crippen molar-refractivity contribution in [3.63, 3.8) is 0 Å². The van der Waals surface area contributed by atoms with E-state index in [4.69, 9.17) is 5.73 Å². The summed E-state index contributed by atoms with van der Waals surface area (Å²) in [4.78, 5) is 18.6. The zero-order valence-corrected chi connectivity index (χ0v) is 11.5. The van der Waals surface area contributed by atoms with E-state index in [0.717, 1.165) is 5.00 Å². The molecule has 0 bridgehead atoms. The summed E-state index contributed by atoms with van der Waals surface area (Å²) >= 11 is 2.85. The third-order valence-electron chi connectivity index (χ3n) is 2.21. The number of rotatable bonds is 3. The Morgan fingerprint density at radius 1 is 1.33 bits per heavy atom. The second-order valence-electron chi connectivity index (χ2n) is 3.40. The molecule has 0 fully saturated rings. The Morgan fingerprint density at radius 2 is 2.06 bits per heavy atom. The number of aliphatic imine (C=N–C) groups is 1. The van der Waals surface area contributed by atoms with Crippen LogP contribution in [0.4, 0.5) is 5.00 Å². The highest BCUT2D eigenvalue weighted by atomic mass is 32.1. The Hall–Kier alpha value is -1.66. The molecule has 0 spiro atoms. The molecule has 0 unspecified atom stereocenters. The first-order valence-electron chi connectivity index (χ1n) is 5.45. The summed E-state index contributed by atoms with van der Waals surface area (Å²) in [6, 6.07) is 7.37. The van der Waals surface area contributed by atoms with Gasteiger partial charge in [-0.2, -0.15) is 0 Å². The van der Waals surface area contributed by atoms with Gasteiger partial charge in [0.05, 0.1) is 4.88 Å². The Morgan fingerprint density at radius 3 is 2.61 bits per heavy atom.